The second-order valence-electron chi connectivity index (χ2n) is 2.47. The molecule has 0 radical (unpaired) electrons. The Morgan fingerprint density at radius 3 is 1.45 bits per heavy atom. The number of Topliss-reactive ketones (excluding diaryl/α,β-unsaturated/α-hetero) is 3. The first-order valence-corrected chi connectivity index (χ1v) is 3.23. The van der Waals surface area contributed by atoms with Crippen LogP contribution in [0.3, 0.4) is 0 Å². The van der Waals surface area contributed by atoms with Gasteiger partial charge >= 0.3 is 29.6 Å². The molecule has 1 fully saturated rings. The molecule has 0 aromatic carbocycles. The van der Waals surface area contributed by atoms with Gasteiger partial charge in [0.25, 0.3) is 0 Å². The third-order valence-corrected chi connectivity index (χ3v) is 1.47. The molecule has 1 rings (SSSR count). The normalized spacial score (nSPS) is 19.1. The van der Waals surface area contributed by atoms with E-state index >= 15 is 0 Å². The minimum atomic E-state index is -0.229. The van der Waals surface area contributed by atoms with Crippen LogP contribution in [0.25, 0.3) is 0 Å². The van der Waals surface area contributed by atoms with Crippen molar-refractivity contribution in [3.05, 3.63) is 0 Å². The van der Waals surface area contributed by atoms with Gasteiger partial charge in [0.05, 0.1) is 12.8 Å². The predicted molar refractivity (Wildman–Crippen MR) is 40.6 cm³/mol. The molecular weight excluding hydrogens is 155 g/mol. The minimum absolute atomic E-state index is 0. The van der Waals surface area contributed by atoms with Crippen LogP contribution in [0.4, 0.5) is 0 Å². The Labute approximate surface area is 86.8 Å². The van der Waals surface area contributed by atoms with Crippen LogP contribution in [0.2, 0.25) is 0 Å². The fourth-order valence-electron chi connectivity index (χ4n) is 0.958. The summed E-state index contributed by atoms with van der Waals surface area (Å²) in [5.74, 6) is -0.431. The zero-order valence-corrected chi connectivity index (χ0v) is 5.55. The van der Waals surface area contributed by atoms with Crippen LogP contribution in [0.1, 0.15) is 25.7 Å². The fraction of sp³-hybridized carbons (Fsp3) is 0.571. The summed E-state index contributed by atoms with van der Waals surface area (Å²) in [7, 11) is 0. The first kappa shape index (κ1) is 11.0. The first-order valence-electron chi connectivity index (χ1n) is 3.23. The SMILES string of the molecule is O=C1CCC(=O)CC(=O)C1.[NaH]. The number of hydrogen-bond acceptors (Lipinski definition) is 3. The Hall–Kier alpha value is 0.0100. The van der Waals surface area contributed by atoms with Gasteiger partial charge in [-0.25, -0.2) is 0 Å². The van der Waals surface area contributed by atoms with Crippen LogP contribution in [0, 0.1) is 0 Å². The number of carbonyl (C=O) groups excluding carboxylic acids is 3. The Morgan fingerprint density at radius 2 is 1.09 bits per heavy atom. The molecule has 0 N–H and O–H groups in total. The summed E-state index contributed by atoms with van der Waals surface area (Å²) in [5.41, 5.74) is 0. The van der Waals surface area contributed by atoms with Crippen LogP contribution in [0.5, 0.6) is 0 Å². The molecule has 56 valence electrons. The van der Waals surface area contributed by atoms with Gasteiger partial charge in [-0.05, 0) is 0 Å². The van der Waals surface area contributed by atoms with Crippen LogP contribution in [-0.4, -0.2) is 46.9 Å². The molecule has 1 saturated carbocycles. The van der Waals surface area contributed by atoms with E-state index in [4.69, 9.17) is 0 Å². The van der Waals surface area contributed by atoms with Crippen molar-refractivity contribution < 1.29 is 14.4 Å². The van der Waals surface area contributed by atoms with Crippen molar-refractivity contribution in [3.63, 3.8) is 0 Å². The van der Waals surface area contributed by atoms with E-state index in [1.807, 2.05) is 0 Å². The molecule has 0 heterocycles. The van der Waals surface area contributed by atoms with E-state index in [-0.39, 0.29) is 72.6 Å². The van der Waals surface area contributed by atoms with Gasteiger partial charge in [-0.3, -0.25) is 14.4 Å². The Kier molecular flexibility index (Phi) is 4.81. The molecule has 0 unspecified atom stereocenters. The molecular formula is C7H9NaO3. The van der Waals surface area contributed by atoms with Crippen molar-refractivity contribution in [1.29, 1.82) is 0 Å². The molecule has 1 aliphatic carbocycles. The second-order valence-corrected chi connectivity index (χ2v) is 2.47. The van der Waals surface area contributed by atoms with E-state index in [1.165, 1.54) is 0 Å². The number of hydrogen-bond donors (Lipinski definition) is 0. The molecule has 0 saturated heterocycles. The molecule has 0 aliphatic heterocycles. The number of rotatable bonds is 0. The Morgan fingerprint density at radius 1 is 0.727 bits per heavy atom. The molecule has 0 bridgehead atoms. The third-order valence-electron chi connectivity index (χ3n) is 1.47. The Balaban J connectivity index is 0.000001000. The van der Waals surface area contributed by atoms with Crippen molar-refractivity contribution >= 4 is 46.9 Å². The third kappa shape index (κ3) is 3.79. The summed E-state index contributed by atoms with van der Waals surface area (Å²) in [6.07, 6.45) is 0.437. The molecule has 1 aliphatic rings. The standard InChI is InChI=1S/C7H8O3.Na.H/c8-5-1-2-6(9)4-7(10)3-5;;/h1-4H2;;. The molecule has 3 nitrogen and oxygen atoms in total. The molecule has 11 heavy (non-hydrogen) atoms. The quantitative estimate of drug-likeness (QED) is 0.278. The van der Waals surface area contributed by atoms with Crippen LogP contribution >= 0.6 is 0 Å². The van der Waals surface area contributed by atoms with Crippen LogP contribution in [0.15, 0.2) is 0 Å². The van der Waals surface area contributed by atoms with Crippen LogP contribution in [-0.2, 0) is 14.4 Å². The molecule has 0 atom stereocenters. The molecule has 0 amide bonds. The second kappa shape index (κ2) is 4.80. The zero-order chi connectivity index (χ0) is 7.56. The van der Waals surface area contributed by atoms with Crippen molar-refractivity contribution in [3.8, 4) is 0 Å². The maximum absolute atomic E-state index is 10.7. The van der Waals surface area contributed by atoms with Gasteiger partial charge in [-0.15, -0.1) is 0 Å². The van der Waals surface area contributed by atoms with Gasteiger partial charge in [-0.2, -0.15) is 0 Å². The van der Waals surface area contributed by atoms with E-state index in [1.54, 1.807) is 0 Å². The monoisotopic (exact) mass is 164 g/mol. The first-order chi connectivity index (χ1) is 4.68. The van der Waals surface area contributed by atoms with Crippen molar-refractivity contribution in [2.24, 2.45) is 0 Å². The maximum atomic E-state index is 10.7. The van der Waals surface area contributed by atoms with E-state index in [0.717, 1.165) is 0 Å². The van der Waals surface area contributed by atoms with Gasteiger partial charge in [0.15, 0.2) is 0 Å². The summed E-state index contributed by atoms with van der Waals surface area (Å²) in [6, 6.07) is 0. The summed E-state index contributed by atoms with van der Waals surface area (Å²) >= 11 is 0. The molecule has 0 aromatic rings. The Bertz CT molecular complexity index is 178. The summed E-state index contributed by atoms with van der Waals surface area (Å²) < 4.78 is 0. The molecule has 0 spiro atoms. The average molecular weight is 164 g/mol. The van der Waals surface area contributed by atoms with E-state index in [0.29, 0.717) is 0 Å². The zero-order valence-electron chi connectivity index (χ0n) is 5.55. The predicted octanol–water partition coefficient (Wildman–Crippen LogP) is -0.381. The van der Waals surface area contributed by atoms with Crippen LogP contribution < -0.4 is 0 Å². The van der Waals surface area contributed by atoms with Gasteiger partial charge in [0, 0.05) is 12.8 Å². The van der Waals surface area contributed by atoms with E-state index < -0.39 is 0 Å². The van der Waals surface area contributed by atoms with Crippen molar-refractivity contribution in [1.82, 2.24) is 0 Å². The van der Waals surface area contributed by atoms with Crippen molar-refractivity contribution in [2.75, 3.05) is 0 Å². The fourth-order valence-corrected chi connectivity index (χ4v) is 0.958. The van der Waals surface area contributed by atoms with Gasteiger partial charge in [-0.1, -0.05) is 0 Å². The molecule has 4 heteroatoms. The molecule has 0 aromatic heterocycles. The summed E-state index contributed by atoms with van der Waals surface area (Å²) in [6.45, 7) is 0. The summed E-state index contributed by atoms with van der Waals surface area (Å²) in [5, 5.41) is 0. The van der Waals surface area contributed by atoms with Gasteiger partial charge < -0.3 is 0 Å². The topological polar surface area (TPSA) is 51.2 Å². The van der Waals surface area contributed by atoms with E-state index in [2.05, 4.69) is 0 Å². The average Bonchev–Trinajstić information content (AvgIpc) is 1.93. The number of ketones is 3. The number of carbonyl (C=O) groups is 3. The summed E-state index contributed by atoms with van der Waals surface area (Å²) in [4.78, 5) is 32.0. The van der Waals surface area contributed by atoms with E-state index in [9.17, 15) is 14.4 Å². The van der Waals surface area contributed by atoms with Gasteiger partial charge in [0.2, 0.25) is 0 Å². The van der Waals surface area contributed by atoms with Crippen molar-refractivity contribution in [2.45, 2.75) is 25.7 Å². The van der Waals surface area contributed by atoms with Gasteiger partial charge in [0.1, 0.15) is 17.3 Å².